The molecule has 1 atom stereocenters. The van der Waals surface area contributed by atoms with Crippen molar-refractivity contribution >= 4 is 23.4 Å². The third-order valence-electron chi connectivity index (χ3n) is 2.87. The Kier molecular flexibility index (Phi) is 6.42. The van der Waals surface area contributed by atoms with Crippen molar-refractivity contribution in [2.24, 2.45) is 0 Å². The van der Waals surface area contributed by atoms with E-state index in [0.29, 0.717) is 12.0 Å². The number of nitrogens with one attached hydrogen (secondary N) is 2. The van der Waals surface area contributed by atoms with Gasteiger partial charge >= 0.3 is 0 Å². The minimum atomic E-state index is 0.327. The van der Waals surface area contributed by atoms with Crippen molar-refractivity contribution in [1.29, 1.82) is 0 Å². The van der Waals surface area contributed by atoms with Crippen LogP contribution in [0.15, 0.2) is 0 Å². The number of anilines is 2. The zero-order valence-corrected chi connectivity index (χ0v) is 13.7. The molecule has 4 nitrogen and oxygen atoms in total. The van der Waals surface area contributed by atoms with Gasteiger partial charge in [0.2, 0.25) is 0 Å². The molecule has 2 N–H and O–H groups in total. The summed E-state index contributed by atoms with van der Waals surface area (Å²) in [6.07, 6.45) is 0. The molecular formula is C14H26N4S. The summed E-state index contributed by atoms with van der Waals surface area (Å²) in [7, 11) is 1.90. The van der Waals surface area contributed by atoms with E-state index in [0.717, 1.165) is 34.5 Å². The fraction of sp³-hybridized carbons (Fsp3) is 0.714. The first-order valence-corrected chi connectivity index (χ1v) is 8.05. The molecule has 0 bridgehead atoms. The zero-order valence-electron chi connectivity index (χ0n) is 12.9. The number of aromatic nitrogens is 2. The van der Waals surface area contributed by atoms with Crippen LogP contribution < -0.4 is 10.6 Å². The molecule has 108 valence electrons. The first-order chi connectivity index (χ1) is 8.99. The van der Waals surface area contributed by atoms with Gasteiger partial charge in [0, 0.05) is 30.3 Å². The lowest BCUT2D eigenvalue weighted by molar-refractivity contribution is 0.768. The second-order valence-corrected chi connectivity index (χ2v) is 6.33. The average molecular weight is 282 g/mol. The highest BCUT2D eigenvalue weighted by Gasteiger charge is 2.13. The fourth-order valence-corrected chi connectivity index (χ4v) is 2.42. The van der Waals surface area contributed by atoms with Crippen molar-refractivity contribution in [3.8, 4) is 0 Å². The number of hydrogen-bond acceptors (Lipinski definition) is 5. The molecule has 1 aromatic heterocycles. The minimum Gasteiger partial charge on any atom is -0.373 e. The topological polar surface area (TPSA) is 49.8 Å². The quantitative estimate of drug-likeness (QED) is 0.801. The molecule has 5 heteroatoms. The van der Waals surface area contributed by atoms with Gasteiger partial charge in [0.25, 0.3) is 0 Å². The molecule has 1 aromatic rings. The van der Waals surface area contributed by atoms with Gasteiger partial charge < -0.3 is 10.6 Å². The van der Waals surface area contributed by atoms with Gasteiger partial charge in [-0.05, 0) is 19.6 Å². The first-order valence-electron chi connectivity index (χ1n) is 6.90. The standard InChI is InChI=1S/C14H26N4S/c1-7-19-8-10(4)16-14-11(5)13(15-6)17-12(18-14)9(2)3/h9-10H,7-8H2,1-6H3,(H2,15,16,17,18). The highest BCUT2D eigenvalue weighted by molar-refractivity contribution is 7.99. The molecule has 0 aliphatic carbocycles. The lowest BCUT2D eigenvalue weighted by Gasteiger charge is -2.19. The molecule has 0 fully saturated rings. The van der Waals surface area contributed by atoms with Crippen LogP contribution in [0.25, 0.3) is 0 Å². The van der Waals surface area contributed by atoms with Crippen LogP contribution in [0.5, 0.6) is 0 Å². The third kappa shape index (κ3) is 4.56. The van der Waals surface area contributed by atoms with Gasteiger partial charge in [0.05, 0.1) is 0 Å². The number of rotatable bonds is 7. The van der Waals surface area contributed by atoms with E-state index < -0.39 is 0 Å². The Balaban J connectivity index is 2.94. The molecule has 0 aliphatic rings. The molecule has 0 radical (unpaired) electrons. The SMILES string of the molecule is CCSCC(C)Nc1nc(C(C)C)nc(NC)c1C. The predicted molar refractivity (Wildman–Crippen MR) is 86.5 cm³/mol. The summed E-state index contributed by atoms with van der Waals surface area (Å²) in [6, 6.07) is 0.406. The summed E-state index contributed by atoms with van der Waals surface area (Å²) in [5.74, 6) is 5.31. The van der Waals surface area contributed by atoms with Gasteiger partial charge in [-0.3, -0.25) is 0 Å². The zero-order chi connectivity index (χ0) is 14.4. The van der Waals surface area contributed by atoms with E-state index >= 15 is 0 Å². The largest absolute Gasteiger partial charge is 0.373 e. The minimum absolute atomic E-state index is 0.327. The molecule has 0 spiro atoms. The van der Waals surface area contributed by atoms with Gasteiger partial charge in [-0.2, -0.15) is 11.8 Å². The van der Waals surface area contributed by atoms with E-state index in [1.165, 1.54) is 0 Å². The smallest absolute Gasteiger partial charge is 0.135 e. The van der Waals surface area contributed by atoms with E-state index in [1.54, 1.807) is 0 Å². The van der Waals surface area contributed by atoms with Crippen molar-refractivity contribution in [2.45, 2.75) is 46.6 Å². The molecule has 0 aromatic carbocycles. The highest BCUT2D eigenvalue weighted by Crippen LogP contribution is 2.23. The van der Waals surface area contributed by atoms with Gasteiger partial charge in [-0.1, -0.05) is 20.8 Å². The maximum absolute atomic E-state index is 4.66. The summed E-state index contributed by atoms with van der Waals surface area (Å²) in [6.45, 7) is 10.7. The summed E-state index contributed by atoms with van der Waals surface area (Å²) >= 11 is 1.94. The van der Waals surface area contributed by atoms with E-state index in [4.69, 9.17) is 0 Å². The molecular weight excluding hydrogens is 256 g/mol. The van der Waals surface area contributed by atoms with E-state index in [-0.39, 0.29) is 0 Å². The number of thioether (sulfide) groups is 1. The maximum atomic E-state index is 4.66. The van der Waals surface area contributed by atoms with Crippen LogP contribution in [-0.4, -0.2) is 34.6 Å². The summed E-state index contributed by atoms with van der Waals surface area (Å²) in [4.78, 5) is 9.21. The Bertz CT molecular complexity index is 407. The molecule has 0 aliphatic heterocycles. The lowest BCUT2D eigenvalue weighted by Crippen LogP contribution is -2.21. The number of nitrogens with zero attached hydrogens (tertiary/aromatic N) is 2. The van der Waals surface area contributed by atoms with Crippen LogP contribution in [0.4, 0.5) is 11.6 Å². The lowest BCUT2D eigenvalue weighted by atomic mass is 10.2. The van der Waals surface area contributed by atoms with Gasteiger partial charge in [-0.15, -0.1) is 0 Å². The molecule has 0 saturated carbocycles. The fourth-order valence-electron chi connectivity index (χ4n) is 1.75. The molecule has 1 heterocycles. The Morgan fingerprint density at radius 1 is 1.16 bits per heavy atom. The van der Waals surface area contributed by atoms with E-state index in [1.807, 2.05) is 18.8 Å². The molecule has 1 rings (SSSR count). The monoisotopic (exact) mass is 282 g/mol. The maximum Gasteiger partial charge on any atom is 0.135 e. The highest BCUT2D eigenvalue weighted by atomic mass is 32.2. The van der Waals surface area contributed by atoms with E-state index in [2.05, 4.69) is 55.2 Å². The van der Waals surface area contributed by atoms with Crippen molar-refractivity contribution in [1.82, 2.24) is 9.97 Å². The Morgan fingerprint density at radius 3 is 2.32 bits per heavy atom. The third-order valence-corrected chi connectivity index (χ3v) is 4.02. The second kappa shape index (κ2) is 7.58. The van der Waals surface area contributed by atoms with Crippen molar-refractivity contribution in [3.05, 3.63) is 11.4 Å². The molecule has 19 heavy (non-hydrogen) atoms. The average Bonchev–Trinajstić information content (AvgIpc) is 2.38. The second-order valence-electron chi connectivity index (χ2n) is 5.01. The van der Waals surface area contributed by atoms with Crippen LogP contribution in [0.1, 0.15) is 45.0 Å². The van der Waals surface area contributed by atoms with E-state index in [9.17, 15) is 0 Å². The Hall–Kier alpha value is -0.970. The molecule has 1 unspecified atom stereocenters. The van der Waals surface area contributed by atoms with Gasteiger partial charge in [0.15, 0.2) is 0 Å². The Labute approximate surface area is 121 Å². The first kappa shape index (κ1) is 16.1. The van der Waals surface area contributed by atoms with Crippen LogP contribution in [-0.2, 0) is 0 Å². The summed E-state index contributed by atoms with van der Waals surface area (Å²) in [5, 5.41) is 6.65. The van der Waals surface area contributed by atoms with Crippen molar-refractivity contribution in [2.75, 3.05) is 29.2 Å². The van der Waals surface area contributed by atoms with Gasteiger partial charge in [0.1, 0.15) is 17.5 Å². The summed E-state index contributed by atoms with van der Waals surface area (Å²) < 4.78 is 0. The van der Waals surface area contributed by atoms with Crippen LogP contribution >= 0.6 is 11.8 Å². The Morgan fingerprint density at radius 2 is 1.79 bits per heavy atom. The van der Waals surface area contributed by atoms with Crippen molar-refractivity contribution < 1.29 is 0 Å². The number of hydrogen-bond donors (Lipinski definition) is 2. The van der Waals surface area contributed by atoms with Crippen LogP contribution in [0.2, 0.25) is 0 Å². The van der Waals surface area contributed by atoms with Crippen LogP contribution in [0.3, 0.4) is 0 Å². The van der Waals surface area contributed by atoms with Crippen LogP contribution in [0, 0.1) is 6.92 Å². The normalized spacial score (nSPS) is 12.6. The summed E-state index contributed by atoms with van der Waals surface area (Å²) in [5.41, 5.74) is 1.08. The molecule has 0 amide bonds. The van der Waals surface area contributed by atoms with Gasteiger partial charge in [-0.25, -0.2) is 9.97 Å². The predicted octanol–water partition coefficient (Wildman–Crippen LogP) is 3.50. The molecule has 0 saturated heterocycles. The van der Waals surface area contributed by atoms with Crippen molar-refractivity contribution in [3.63, 3.8) is 0 Å².